The first-order chi connectivity index (χ1) is 20.5. The number of amides is 1. The van der Waals surface area contributed by atoms with Crippen LogP contribution < -0.4 is 5.32 Å². The molecule has 0 spiro atoms. The Morgan fingerprint density at radius 1 is 1.12 bits per heavy atom. The maximum Gasteiger partial charge on any atom is 0.407 e. The van der Waals surface area contributed by atoms with Crippen LogP contribution in [0.2, 0.25) is 0 Å². The lowest BCUT2D eigenvalue weighted by atomic mass is 9.98. The molecule has 2 heterocycles. The molecule has 4 aromatic rings. The van der Waals surface area contributed by atoms with Crippen LogP contribution in [0, 0.1) is 0 Å². The molecule has 5 rings (SSSR count). The van der Waals surface area contributed by atoms with Crippen LogP contribution in [0.3, 0.4) is 0 Å². The number of aryl methyl sites for hydroxylation is 1. The molecule has 8 nitrogen and oxygen atoms in total. The van der Waals surface area contributed by atoms with Crippen molar-refractivity contribution in [3.8, 4) is 11.1 Å². The molecule has 1 aromatic heterocycles. The summed E-state index contributed by atoms with van der Waals surface area (Å²) in [5, 5.41) is 13.2. The summed E-state index contributed by atoms with van der Waals surface area (Å²) in [7, 11) is 1.98. The van der Waals surface area contributed by atoms with Gasteiger partial charge >= 0.3 is 6.09 Å². The molecule has 3 atom stereocenters. The van der Waals surface area contributed by atoms with Gasteiger partial charge in [-0.15, -0.1) is 0 Å². The van der Waals surface area contributed by atoms with Gasteiger partial charge in [0.1, 0.15) is 6.61 Å². The van der Waals surface area contributed by atoms with E-state index in [-0.39, 0.29) is 25.4 Å². The lowest BCUT2D eigenvalue weighted by Gasteiger charge is -2.36. The van der Waals surface area contributed by atoms with Gasteiger partial charge in [0, 0.05) is 43.7 Å². The third-order valence-electron chi connectivity index (χ3n) is 7.06. The van der Waals surface area contributed by atoms with Gasteiger partial charge in [-0.25, -0.2) is 9.78 Å². The molecule has 0 unspecified atom stereocenters. The van der Waals surface area contributed by atoms with Gasteiger partial charge in [-0.3, -0.25) is 0 Å². The van der Waals surface area contributed by atoms with E-state index < -0.39 is 12.4 Å². The van der Waals surface area contributed by atoms with E-state index in [4.69, 9.17) is 14.2 Å². The van der Waals surface area contributed by atoms with E-state index in [1.165, 1.54) is 6.08 Å². The fourth-order valence-corrected chi connectivity index (χ4v) is 5.76. The monoisotopic (exact) mass is 585 g/mol. The Labute approximate surface area is 250 Å². The third-order valence-corrected chi connectivity index (χ3v) is 8.25. The number of ether oxygens (including phenoxy) is 3. The smallest absolute Gasteiger partial charge is 0.407 e. The number of alkyl carbamates (subject to hydrolysis) is 1. The first-order valence-electron chi connectivity index (χ1n) is 13.8. The van der Waals surface area contributed by atoms with Crippen molar-refractivity contribution in [1.29, 1.82) is 0 Å². The second kappa shape index (κ2) is 14.3. The number of benzene rings is 3. The molecule has 42 heavy (non-hydrogen) atoms. The lowest BCUT2D eigenvalue weighted by molar-refractivity contribution is -0.245. The van der Waals surface area contributed by atoms with Crippen molar-refractivity contribution in [2.75, 3.05) is 12.4 Å². The summed E-state index contributed by atoms with van der Waals surface area (Å²) in [5.74, 6) is 0.740. The van der Waals surface area contributed by atoms with Crippen LogP contribution >= 0.6 is 11.8 Å². The number of nitrogens with one attached hydrogen (secondary N) is 1. The average molecular weight is 586 g/mol. The zero-order valence-electron chi connectivity index (χ0n) is 23.5. The van der Waals surface area contributed by atoms with E-state index in [0.717, 1.165) is 44.3 Å². The Hall–Kier alpha value is -3.89. The van der Waals surface area contributed by atoms with Crippen molar-refractivity contribution in [1.82, 2.24) is 14.9 Å². The second-order valence-corrected chi connectivity index (χ2v) is 11.0. The quantitative estimate of drug-likeness (QED) is 0.157. The lowest BCUT2D eigenvalue weighted by Crippen LogP contribution is -2.31. The topological polar surface area (TPSA) is 94.8 Å². The number of aliphatic hydroxyl groups excluding tert-OH is 1. The minimum atomic E-state index is -0.543. The van der Waals surface area contributed by atoms with E-state index in [9.17, 15) is 9.90 Å². The molecule has 1 amide bonds. The fraction of sp³-hybridized carbons (Fsp3) is 0.273. The number of aliphatic hydroxyl groups is 1. The number of carbonyl (C=O) groups excluding carboxylic acids is 1. The van der Waals surface area contributed by atoms with Gasteiger partial charge in [0.05, 0.1) is 18.8 Å². The molecule has 218 valence electrons. The summed E-state index contributed by atoms with van der Waals surface area (Å²) in [5.41, 5.74) is 5.85. The Morgan fingerprint density at radius 2 is 1.88 bits per heavy atom. The van der Waals surface area contributed by atoms with E-state index in [2.05, 4.69) is 16.9 Å². The van der Waals surface area contributed by atoms with Crippen molar-refractivity contribution < 1.29 is 24.1 Å². The summed E-state index contributed by atoms with van der Waals surface area (Å²) in [4.78, 5) is 16.4. The summed E-state index contributed by atoms with van der Waals surface area (Å²) in [6.45, 7) is 4.07. The van der Waals surface area contributed by atoms with Crippen LogP contribution in [0.5, 0.6) is 0 Å². The zero-order chi connectivity index (χ0) is 29.3. The summed E-state index contributed by atoms with van der Waals surface area (Å²) < 4.78 is 20.0. The SMILES string of the molecule is C=CCOC(=O)NCc1ccccc1-c1ccc([C@@H]2O[C@H](CSc3nccn3C)C[C@H](c3ccc(CO)cc3)O2)cc1. The minimum Gasteiger partial charge on any atom is -0.445 e. The molecule has 0 radical (unpaired) electrons. The average Bonchev–Trinajstić information content (AvgIpc) is 3.46. The Morgan fingerprint density at radius 3 is 2.60 bits per heavy atom. The molecule has 0 bridgehead atoms. The van der Waals surface area contributed by atoms with Gasteiger partial charge in [0.2, 0.25) is 0 Å². The minimum absolute atomic E-state index is 0.00536. The van der Waals surface area contributed by atoms with E-state index >= 15 is 0 Å². The summed E-state index contributed by atoms with van der Waals surface area (Å²) >= 11 is 1.67. The van der Waals surface area contributed by atoms with Crippen LogP contribution in [0.1, 0.15) is 41.1 Å². The number of rotatable bonds is 11. The molecule has 1 aliphatic heterocycles. The van der Waals surface area contributed by atoms with Crippen LogP contribution in [0.25, 0.3) is 11.1 Å². The van der Waals surface area contributed by atoms with Crippen molar-refractivity contribution >= 4 is 17.9 Å². The standard InChI is InChI=1S/C33H35N3O5S/c1-3-18-39-33(38)35-20-27-6-4-5-7-29(27)24-12-14-26(15-13-24)31-40-28(22-42-32-34-16-17-36(32)2)19-30(41-31)25-10-8-23(21-37)9-11-25/h3-17,28,30-31,37H,1,18-22H2,2H3,(H,35,38)/t28-,30+,31+/m0/s1. The molecule has 0 saturated carbocycles. The predicted octanol–water partition coefficient (Wildman–Crippen LogP) is 6.33. The van der Waals surface area contributed by atoms with Gasteiger partial charge in [-0.2, -0.15) is 0 Å². The fourth-order valence-electron chi connectivity index (χ4n) is 4.81. The van der Waals surface area contributed by atoms with Gasteiger partial charge in [0.15, 0.2) is 11.4 Å². The van der Waals surface area contributed by atoms with E-state index in [1.54, 1.807) is 18.0 Å². The number of carbonyl (C=O) groups is 1. The Balaban J connectivity index is 1.33. The van der Waals surface area contributed by atoms with Gasteiger partial charge in [-0.1, -0.05) is 97.2 Å². The first kappa shape index (κ1) is 29.6. The van der Waals surface area contributed by atoms with Gasteiger partial charge in [-0.05, 0) is 27.8 Å². The maximum atomic E-state index is 11.9. The second-order valence-electron chi connectivity index (χ2n) is 10.0. The molecular formula is C33H35N3O5S. The Bertz CT molecular complexity index is 1470. The molecule has 9 heteroatoms. The largest absolute Gasteiger partial charge is 0.445 e. The molecule has 2 N–H and O–H groups in total. The van der Waals surface area contributed by atoms with E-state index in [0.29, 0.717) is 13.0 Å². The number of hydrogen-bond donors (Lipinski definition) is 2. The molecule has 1 fully saturated rings. The molecule has 0 aliphatic carbocycles. The highest BCUT2D eigenvalue weighted by Crippen LogP contribution is 2.40. The highest BCUT2D eigenvalue weighted by Gasteiger charge is 2.32. The number of nitrogens with zero attached hydrogens (tertiary/aromatic N) is 2. The number of aromatic nitrogens is 2. The van der Waals surface area contributed by atoms with Gasteiger partial charge < -0.3 is 29.2 Å². The van der Waals surface area contributed by atoms with Crippen LogP contribution in [-0.4, -0.2) is 39.2 Å². The van der Waals surface area contributed by atoms with Crippen molar-refractivity contribution in [3.05, 3.63) is 120 Å². The molecular weight excluding hydrogens is 550 g/mol. The molecule has 1 saturated heterocycles. The highest BCUT2D eigenvalue weighted by molar-refractivity contribution is 7.99. The van der Waals surface area contributed by atoms with Crippen LogP contribution in [0.15, 0.2) is 103 Å². The number of hydrogen-bond acceptors (Lipinski definition) is 7. The Kier molecular flexibility index (Phi) is 10.1. The van der Waals surface area contributed by atoms with E-state index in [1.807, 2.05) is 90.6 Å². The normalized spacial score (nSPS) is 18.4. The first-order valence-corrected chi connectivity index (χ1v) is 14.8. The number of thioether (sulfide) groups is 1. The van der Waals surface area contributed by atoms with Gasteiger partial charge in [0.25, 0.3) is 0 Å². The summed E-state index contributed by atoms with van der Waals surface area (Å²) in [6.07, 6.45) is 4.74. The van der Waals surface area contributed by atoms with Crippen LogP contribution in [0.4, 0.5) is 4.79 Å². The van der Waals surface area contributed by atoms with Crippen LogP contribution in [-0.2, 0) is 34.4 Å². The predicted molar refractivity (Wildman–Crippen MR) is 163 cm³/mol. The zero-order valence-corrected chi connectivity index (χ0v) is 24.3. The maximum absolute atomic E-state index is 11.9. The molecule has 1 aliphatic rings. The number of imidazole rings is 1. The highest BCUT2D eigenvalue weighted by atomic mass is 32.2. The van der Waals surface area contributed by atoms with Crippen molar-refractivity contribution in [2.24, 2.45) is 7.05 Å². The third kappa shape index (κ3) is 7.49. The molecule has 3 aromatic carbocycles. The van der Waals surface area contributed by atoms with Crippen molar-refractivity contribution in [3.63, 3.8) is 0 Å². The van der Waals surface area contributed by atoms with Crippen molar-refractivity contribution in [2.45, 2.75) is 43.2 Å². The summed E-state index contributed by atoms with van der Waals surface area (Å²) in [6, 6.07) is 24.0.